The first-order chi connectivity index (χ1) is 25.3. The molecule has 2 aromatic heterocycles. The molecule has 9 nitrogen and oxygen atoms in total. The van der Waals surface area contributed by atoms with Crippen LogP contribution in [0.25, 0.3) is 6.08 Å². The predicted molar refractivity (Wildman–Crippen MR) is 203 cm³/mol. The molecule has 1 aliphatic heterocycles. The van der Waals surface area contributed by atoms with E-state index in [-0.39, 0.29) is 5.91 Å². The van der Waals surface area contributed by atoms with Crippen LogP contribution in [0.15, 0.2) is 103 Å². The molecule has 0 N–H and O–H groups in total. The zero-order valence-corrected chi connectivity index (χ0v) is 30.5. The second-order valence-electron chi connectivity index (χ2n) is 12.7. The van der Waals surface area contributed by atoms with Crippen molar-refractivity contribution in [3.05, 3.63) is 142 Å². The molecule has 268 valence electrons. The number of amides is 1. The van der Waals surface area contributed by atoms with Gasteiger partial charge in [-0.25, -0.2) is 9.97 Å². The lowest BCUT2D eigenvalue weighted by Crippen LogP contribution is -2.47. The van der Waals surface area contributed by atoms with Crippen LogP contribution in [0.5, 0.6) is 29.0 Å². The highest BCUT2D eigenvalue weighted by atomic mass is 35.5. The lowest BCUT2D eigenvalue weighted by molar-refractivity contribution is -0.127. The summed E-state index contributed by atoms with van der Waals surface area (Å²) in [5.74, 6) is 2.86. The summed E-state index contributed by atoms with van der Waals surface area (Å²) in [5.41, 5.74) is 6.42. The van der Waals surface area contributed by atoms with E-state index in [9.17, 15) is 4.79 Å². The van der Waals surface area contributed by atoms with Gasteiger partial charge in [0.25, 0.3) is 0 Å². The van der Waals surface area contributed by atoms with Gasteiger partial charge < -0.3 is 23.8 Å². The Labute approximate surface area is 310 Å². The highest BCUT2D eigenvalue weighted by Crippen LogP contribution is 2.34. The number of piperazine rings is 1. The van der Waals surface area contributed by atoms with Gasteiger partial charge in [-0.15, -0.1) is 0 Å². The normalized spacial score (nSPS) is 13.3. The maximum absolute atomic E-state index is 13.1. The molecular weight excluding hydrogens is 676 g/mol. The van der Waals surface area contributed by atoms with Crippen molar-refractivity contribution < 1.29 is 23.7 Å². The average molecular weight is 719 g/mol. The maximum Gasteiger partial charge on any atom is 0.246 e. The Hall–Kier alpha value is -5.38. The summed E-state index contributed by atoms with van der Waals surface area (Å²) < 4.78 is 22.8. The number of hydrogen-bond acceptors (Lipinski definition) is 8. The van der Waals surface area contributed by atoms with Gasteiger partial charge in [0.05, 0.1) is 31.1 Å². The number of ether oxygens (including phenoxy) is 4. The largest absolute Gasteiger partial charge is 0.492 e. The monoisotopic (exact) mass is 718 g/mol. The van der Waals surface area contributed by atoms with E-state index in [1.807, 2.05) is 42.2 Å². The molecule has 5 aromatic rings. The van der Waals surface area contributed by atoms with Gasteiger partial charge in [-0.05, 0) is 72.0 Å². The van der Waals surface area contributed by atoms with Crippen molar-refractivity contribution >= 4 is 23.6 Å². The van der Waals surface area contributed by atoms with Gasteiger partial charge >= 0.3 is 0 Å². The standard InChI is InChI=1S/C42H43ClN4O5/c1-30-4-6-34(7-5-30)29-51-37-14-16-40(45-27-37)52-42-31(2)24-35(25-38(42)43)12-17-41(48)47-21-19-46(20-22-47)28-33-10-8-32(9-11-33)18-23-50-36-13-15-39(49-3)44-26-36/h4-17,24-27H,18-23,28-29H2,1-3H3. The third-order valence-corrected chi connectivity index (χ3v) is 9.08. The Bertz CT molecular complexity index is 1920. The zero-order chi connectivity index (χ0) is 36.3. The molecule has 1 aliphatic rings. The summed E-state index contributed by atoms with van der Waals surface area (Å²) in [4.78, 5) is 25.9. The van der Waals surface area contributed by atoms with Crippen LogP contribution in [0.3, 0.4) is 0 Å². The second kappa shape index (κ2) is 17.7. The van der Waals surface area contributed by atoms with E-state index in [1.165, 1.54) is 16.7 Å². The Balaban J connectivity index is 0.926. The molecule has 0 radical (unpaired) electrons. The third kappa shape index (κ3) is 10.3. The van der Waals surface area contributed by atoms with Gasteiger partial charge in [0.1, 0.15) is 18.1 Å². The number of aromatic nitrogens is 2. The van der Waals surface area contributed by atoms with Crippen molar-refractivity contribution in [2.75, 3.05) is 39.9 Å². The Kier molecular flexibility index (Phi) is 12.4. The van der Waals surface area contributed by atoms with Crippen LogP contribution in [-0.2, 0) is 24.4 Å². The van der Waals surface area contributed by atoms with Crippen LogP contribution in [0, 0.1) is 13.8 Å². The summed E-state index contributed by atoms with van der Waals surface area (Å²) in [7, 11) is 1.59. The molecule has 6 rings (SSSR count). The average Bonchev–Trinajstić information content (AvgIpc) is 3.17. The molecule has 1 amide bonds. The number of benzene rings is 3. The zero-order valence-electron chi connectivity index (χ0n) is 29.8. The van der Waals surface area contributed by atoms with Gasteiger partial charge in [0.15, 0.2) is 5.75 Å². The van der Waals surface area contributed by atoms with Crippen LogP contribution in [0.1, 0.15) is 33.4 Å². The number of pyridine rings is 2. The van der Waals surface area contributed by atoms with E-state index in [0.717, 1.165) is 48.5 Å². The molecule has 3 heterocycles. The summed E-state index contributed by atoms with van der Waals surface area (Å²) in [6.07, 6.45) is 7.53. The quantitative estimate of drug-likeness (QED) is 0.107. The minimum absolute atomic E-state index is 0.0142. The summed E-state index contributed by atoms with van der Waals surface area (Å²) in [6.45, 7) is 8.84. The smallest absolute Gasteiger partial charge is 0.246 e. The first-order valence-electron chi connectivity index (χ1n) is 17.3. The van der Waals surface area contributed by atoms with Gasteiger partial charge in [-0.3, -0.25) is 9.69 Å². The van der Waals surface area contributed by atoms with Gasteiger partial charge in [-0.2, -0.15) is 0 Å². The lowest BCUT2D eigenvalue weighted by Gasteiger charge is -2.34. The van der Waals surface area contributed by atoms with Crippen molar-refractivity contribution in [2.45, 2.75) is 33.4 Å². The summed E-state index contributed by atoms with van der Waals surface area (Å²) in [6, 6.07) is 27.8. The molecule has 0 saturated carbocycles. The van der Waals surface area contributed by atoms with E-state index in [4.69, 9.17) is 30.5 Å². The minimum Gasteiger partial charge on any atom is -0.492 e. The van der Waals surface area contributed by atoms with Crippen molar-refractivity contribution in [1.29, 1.82) is 0 Å². The van der Waals surface area contributed by atoms with Gasteiger partial charge in [0.2, 0.25) is 17.7 Å². The van der Waals surface area contributed by atoms with Crippen molar-refractivity contribution in [3.63, 3.8) is 0 Å². The number of methoxy groups -OCH3 is 1. The van der Waals surface area contributed by atoms with Crippen molar-refractivity contribution in [2.24, 2.45) is 0 Å². The van der Waals surface area contributed by atoms with E-state index < -0.39 is 0 Å². The highest BCUT2D eigenvalue weighted by molar-refractivity contribution is 6.32. The predicted octanol–water partition coefficient (Wildman–Crippen LogP) is 8.11. The number of halogens is 1. The fourth-order valence-corrected chi connectivity index (χ4v) is 6.09. The Morgan fingerprint density at radius 2 is 1.44 bits per heavy atom. The van der Waals surface area contributed by atoms with Crippen molar-refractivity contribution in [1.82, 2.24) is 19.8 Å². The number of carbonyl (C=O) groups is 1. The second-order valence-corrected chi connectivity index (χ2v) is 13.2. The fraction of sp³-hybridized carbons (Fsp3) is 0.262. The molecule has 3 aromatic carbocycles. The Morgan fingerprint density at radius 1 is 0.788 bits per heavy atom. The van der Waals surface area contributed by atoms with E-state index in [2.05, 4.69) is 58.2 Å². The van der Waals surface area contributed by atoms with Crippen LogP contribution in [0.4, 0.5) is 0 Å². The van der Waals surface area contributed by atoms with E-state index in [0.29, 0.717) is 54.6 Å². The maximum atomic E-state index is 13.1. The van der Waals surface area contributed by atoms with Gasteiger partial charge in [-0.1, -0.05) is 65.7 Å². The van der Waals surface area contributed by atoms with Crippen LogP contribution in [-0.4, -0.2) is 65.6 Å². The first-order valence-corrected chi connectivity index (χ1v) is 17.7. The molecule has 10 heteroatoms. The number of aryl methyl sites for hydroxylation is 2. The topological polar surface area (TPSA) is 86.3 Å². The van der Waals surface area contributed by atoms with E-state index >= 15 is 0 Å². The molecule has 0 atom stereocenters. The number of hydrogen-bond donors (Lipinski definition) is 0. The summed E-state index contributed by atoms with van der Waals surface area (Å²) >= 11 is 6.63. The molecule has 1 saturated heterocycles. The lowest BCUT2D eigenvalue weighted by atomic mass is 10.1. The summed E-state index contributed by atoms with van der Waals surface area (Å²) in [5, 5.41) is 0.440. The van der Waals surface area contributed by atoms with Gasteiger partial charge in [0, 0.05) is 57.4 Å². The minimum atomic E-state index is -0.0142. The molecule has 1 fully saturated rings. The third-order valence-electron chi connectivity index (χ3n) is 8.80. The van der Waals surface area contributed by atoms with Crippen LogP contribution >= 0.6 is 11.6 Å². The molecule has 52 heavy (non-hydrogen) atoms. The SMILES string of the molecule is COc1ccc(OCCc2ccc(CN3CCN(C(=O)C=Cc4cc(C)c(Oc5ccc(OCc6ccc(C)cc6)cn5)c(Cl)c4)CC3)cc2)cn1. The molecular formula is C42H43ClN4O5. The van der Waals surface area contributed by atoms with Crippen LogP contribution in [0.2, 0.25) is 5.02 Å². The van der Waals surface area contributed by atoms with Crippen molar-refractivity contribution in [3.8, 4) is 29.0 Å². The fourth-order valence-electron chi connectivity index (χ4n) is 5.78. The van der Waals surface area contributed by atoms with E-state index in [1.54, 1.807) is 49.9 Å². The highest BCUT2D eigenvalue weighted by Gasteiger charge is 2.20. The molecule has 0 unspecified atom stereocenters. The Morgan fingerprint density at radius 3 is 2.10 bits per heavy atom. The molecule has 0 bridgehead atoms. The van der Waals surface area contributed by atoms with Crippen LogP contribution < -0.4 is 18.9 Å². The molecule has 0 aliphatic carbocycles. The number of nitrogens with zero attached hydrogens (tertiary/aromatic N) is 4. The first kappa shape index (κ1) is 36.4. The molecule has 0 spiro atoms. The number of carbonyl (C=O) groups excluding carboxylic acids is 1. The number of rotatable bonds is 14.